The van der Waals surface area contributed by atoms with Gasteiger partial charge < -0.3 is 15.0 Å². The molecule has 3 aromatic rings. The molecule has 3 rings (SSSR count). The monoisotopic (exact) mass is 308 g/mol. The van der Waals surface area contributed by atoms with E-state index in [0.717, 1.165) is 34.3 Å². The van der Waals surface area contributed by atoms with Crippen molar-refractivity contribution in [2.75, 3.05) is 13.7 Å². The number of hydrogen-bond acceptors (Lipinski definition) is 2. The summed E-state index contributed by atoms with van der Waals surface area (Å²) in [4.78, 5) is 15.7. The smallest absolute Gasteiger partial charge is 0.253 e. The molecule has 0 saturated carbocycles. The van der Waals surface area contributed by atoms with E-state index in [1.807, 2.05) is 55.5 Å². The maximum Gasteiger partial charge on any atom is 0.253 e. The summed E-state index contributed by atoms with van der Waals surface area (Å²) in [5, 5.41) is 3.97. The lowest BCUT2D eigenvalue weighted by molar-refractivity contribution is 0.0955. The Hall–Kier alpha value is -2.75. The van der Waals surface area contributed by atoms with Gasteiger partial charge in [-0.1, -0.05) is 30.3 Å². The number of carbonyl (C=O) groups excluding carboxylic acids is 1. The highest BCUT2D eigenvalue weighted by molar-refractivity contribution is 6.08. The number of hydrogen-bond donors (Lipinski definition) is 2. The van der Waals surface area contributed by atoms with Crippen LogP contribution < -0.4 is 10.1 Å². The Morgan fingerprint density at radius 1 is 1.13 bits per heavy atom. The van der Waals surface area contributed by atoms with E-state index in [0.29, 0.717) is 6.54 Å². The van der Waals surface area contributed by atoms with Gasteiger partial charge in [0.2, 0.25) is 0 Å². The number of rotatable bonds is 5. The fourth-order valence-corrected chi connectivity index (χ4v) is 2.77. The van der Waals surface area contributed by atoms with Crippen molar-refractivity contribution in [1.82, 2.24) is 10.3 Å². The van der Waals surface area contributed by atoms with Gasteiger partial charge in [-0.15, -0.1) is 0 Å². The van der Waals surface area contributed by atoms with Crippen LogP contribution in [-0.2, 0) is 6.42 Å². The normalized spacial score (nSPS) is 10.7. The van der Waals surface area contributed by atoms with E-state index >= 15 is 0 Å². The molecule has 4 heteroatoms. The molecule has 1 amide bonds. The van der Waals surface area contributed by atoms with Crippen LogP contribution in [0.15, 0.2) is 48.5 Å². The molecule has 23 heavy (non-hydrogen) atoms. The lowest BCUT2D eigenvalue weighted by atomic mass is 10.1. The molecule has 1 aromatic heterocycles. The molecular formula is C19H20N2O2. The molecule has 118 valence electrons. The van der Waals surface area contributed by atoms with Crippen LogP contribution in [0.25, 0.3) is 10.9 Å². The van der Waals surface area contributed by atoms with Gasteiger partial charge in [0.1, 0.15) is 5.75 Å². The maximum atomic E-state index is 12.5. The summed E-state index contributed by atoms with van der Waals surface area (Å²) < 4.78 is 5.14. The second kappa shape index (κ2) is 6.57. The molecule has 0 fully saturated rings. The second-order valence-electron chi connectivity index (χ2n) is 5.52. The molecule has 0 aliphatic rings. The van der Waals surface area contributed by atoms with Crippen LogP contribution in [0.5, 0.6) is 5.75 Å². The van der Waals surface area contributed by atoms with Gasteiger partial charge >= 0.3 is 0 Å². The van der Waals surface area contributed by atoms with Gasteiger partial charge in [-0.25, -0.2) is 0 Å². The van der Waals surface area contributed by atoms with Crippen molar-refractivity contribution in [2.24, 2.45) is 0 Å². The maximum absolute atomic E-state index is 12.5. The topological polar surface area (TPSA) is 54.1 Å². The van der Waals surface area contributed by atoms with Crippen LogP contribution in [0.4, 0.5) is 0 Å². The zero-order valence-electron chi connectivity index (χ0n) is 13.3. The summed E-state index contributed by atoms with van der Waals surface area (Å²) in [7, 11) is 1.65. The molecule has 0 saturated heterocycles. The summed E-state index contributed by atoms with van der Waals surface area (Å²) in [6, 6.07) is 15.8. The number of amides is 1. The predicted octanol–water partition coefficient (Wildman–Crippen LogP) is 3.46. The lowest BCUT2D eigenvalue weighted by Crippen LogP contribution is -2.26. The standard InChI is InChI=1S/C19H20N2O2/c1-13-18(16-5-3-4-6-17(16)21-13)19(22)20-12-11-14-7-9-15(23-2)10-8-14/h3-10,21H,11-12H2,1-2H3,(H,20,22). The van der Waals surface area contributed by atoms with E-state index in [2.05, 4.69) is 10.3 Å². The van der Waals surface area contributed by atoms with Crippen LogP contribution in [-0.4, -0.2) is 24.5 Å². The first-order valence-electron chi connectivity index (χ1n) is 7.67. The van der Waals surface area contributed by atoms with E-state index < -0.39 is 0 Å². The van der Waals surface area contributed by atoms with Gasteiger partial charge in [-0.3, -0.25) is 4.79 Å². The fraction of sp³-hybridized carbons (Fsp3) is 0.211. The van der Waals surface area contributed by atoms with Crippen LogP contribution in [0.1, 0.15) is 21.6 Å². The highest BCUT2D eigenvalue weighted by Gasteiger charge is 2.15. The molecular weight excluding hydrogens is 288 g/mol. The van der Waals surface area contributed by atoms with Crippen LogP contribution in [0.2, 0.25) is 0 Å². The first-order chi connectivity index (χ1) is 11.2. The van der Waals surface area contributed by atoms with E-state index in [4.69, 9.17) is 4.74 Å². The van der Waals surface area contributed by atoms with Crippen LogP contribution in [0, 0.1) is 6.92 Å². The zero-order chi connectivity index (χ0) is 16.2. The molecule has 0 unspecified atom stereocenters. The average molecular weight is 308 g/mol. The van der Waals surface area contributed by atoms with Crippen molar-refractivity contribution in [2.45, 2.75) is 13.3 Å². The minimum atomic E-state index is -0.0338. The van der Waals surface area contributed by atoms with Gasteiger partial charge in [0, 0.05) is 23.1 Å². The number of aromatic nitrogens is 1. The number of aryl methyl sites for hydroxylation is 1. The molecule has 2 N–H and O–H groups in total. The summed E-state index contributed by atoms with van der Waals surface area (Å²) >= 11 is 0. The summed E-state index contributed by atoms with van der Waals surface area (Å²) in [6.07, 6.45) is 0.789. The average Bonchev–Trinajstić information content (AvgIpc) is 2.91. The van der Waals surface area contributed by atoms with Crippen molar-refractivity contribution in [3.05, 3.63) is 65.4 Å². The Morgan fingerprint density at radius 2 is 1.87 bits per heavy atom. The number of methoxy groups -OCH3 is 1. The molecule has 0 bridgehead atoms. The van der Waals surface area contributed by atoms with E-state index in [1.165, 1.54) is 5.56 Å². The third-order valence-corrected chi connectivity index (χ3v) is 3.98. The van der Waals surface area contributed by atoms with Gasteiger partial charge in [0.25, 0.3) is 5.91 Å². The van der Waals surface area contributed by atoms with E-state index in [9.17, 15) is 4.79 Å². The lowest BCUT2D eigenvalue weighted by Gasteiger charge is -2.06. The first kappa shape index (κ1) is 15.2. The van der Waals surface area contributed by atoms with Crippen molar-refractivity contribution in [3.63, 3.8) is 0 Å². The minimum Gasteiger partial charge on any atom is -0.497 e. The largest absolute Gasteiger partial charge is 0.497 e. The summed E-state index contributed by atoms with van der Waals surface area (Å²) in [5.41, 5.74) is 3.79. The van der Waals surface area contributed by atoms with E-state index in [1.54, 1.807) is 7.11 Å². The Bertz CT molecular complexity index is 819. The van der Waals surface area contributed by atoms with Crippen molar-refractivity contribution in [3.8, 4) is 5.75 Å². The molecule has 0 aliphatic carbocycles. The SMILES string of the molecule is COc1ccc(CCNC(=O)c2c(C)[nH]c3ccccc23)cc1. The third-order valence-electron chi connectivity index (χ3n) is 3.98. The van der Waals surface area contributed by atoms with Crippen molar-refractivity contribution >= 4 is 16.8 Å². The van der Waals surface area contributed by atoms with Crippen LogP contribution in [0.3, 0.4) is 0 Å². The predicted molar refractivity (Wildman–Crippen MR) is 92.1 cm³/mol. The minimum absolute atomic E-state index is 0.0338. The number of benzene rings is 2. The number of carbonyl (C=O) groups is 1. The fourth-order valence-electron chi connectivity index (χ4n) is 2.77. The third kappa shape index (κ3) is 3.21. The summed E-state index contributed by atoms with van der Waals surface area (Å²) in [5.74, 6) is 0.806. The summed E-state index contributed by atoms with van der Waals surface area (Å²) in [6.45, 7) is 2.53. The van der Waals surface area contributed by atoms with Crippen LogP contribution >= 0.6 is 0 Å². The van der Waals surface area contributed by atoms with Gasteiger partial charge in [0.05, 0.1) is 12.7 Å². The number of ether oxygens (including phenoxy) is 1. The van der Waals surface area contributed by atoms with Gasteiger partial charge in [-0.2, -0.15) is 0 Å². The molecule has 0 spiro atoms. The number of aromatic amines is 1. The highest BCUT2D eigenvalue weighted by Crippen LogP contribution is 2.21. The number of para-hydroxylation sites is 1. The molecule has 0 radical (unpaired) electrons. The van der Waals surface area contributed by atoms with E-state index in [-0.39, 0.29) is 5.91 Å². The van der Waals surface area contributed by atoms with Crippen molar-refractivity contribution < 1.29 is 9.53 Å². The van der Waals surface area contributed by atoms with Gasteiger partial charge in [-0.05, 0) is 37.1 Å². The Kier molecular flexibility index (Phi) is 4.33. The number of H-pyrrole nitrogens is 1. The Labute approximate surface area is 135 Å². The molecule has 2 aromatic carbocycles. The molecule has 0 atom stereocenters. The van der Waals surface area contributed by atoms with Crippen molar-refractivity contribution in [1.29, 1.82) is 0 Å². The highest BCUT2D eigenvalue weighted by atomic mass is 16.5. The molecule has 4 nitrogen and oxygen atoms in total. The second-order valence-corrected chi connectivity index (χ2v) is 5.52. The van der Waals surface area contributed by atoms with Gasteiger partial charge in [0.15, 0.2) is 0 Å². The first-order valence-corrected chi connectivity index (χ1v) is 7.67. The quantitative estimate of drug-likeness (QED) is 0.758. The number of fused-ring (bicyclic) bond motifs is 1. The molecule has 1 heterocycles. The number of nitrogens with one attached hydrogen (secondary N) is 2. The Balaban J connectivity index is 1.65. The zero-order valence-corrected chi connectivity index (χ0v) is 13.3. The molecule has 0 aliphatic heterocycles. The Morgan fingerprint density at radius 3 is 2.61 bits per heavy atom.